The molecule has 1 aromatic carbocycles. The van der Waals surface area contributed by atoms with Crippen LogP contribution in [0.15, 0.2) is 77.5 Å². The third-order valence-corrected chi connectivity index (χ3v) is 7.14. The van der Waals surface area contributed by atoms with E-state index in [2.05, 4.69) is 4.90 Å². The first-order valence-corrected chi connectivity index (χ1v) is 11.9. The average molecular weight is 478 g/mol. The van der Waals surface area contributed by atoms with Crippen LogP contribution in [-0.4, -0.2) is 71.5 Å². The number of allylic oxidation sites excluding steroid dienone is 4. The van der Waals surface area contributed by atoms with Gasteiger partial charge in [-0.25, -0.2) is 0 Å². The van der Waals surface area contributed by atoms with Crippen LogP contribution in [0.25, 0.3) is 0 Å². The molecular formula is C25H23N3O5S. The van der Waals surface area contributed by atoms with Crippen LogP contribution in [0.1, 0.15) is 0 Å². The van der Waals surface area contributed by atoms with E-state index in [-0.39, 0.29) is 34.8 Å². The number of fused-ring (bicyclic) bond motifs is 1. The molecule has 5 rings (SSSR count). The zero-order valence-corrected chi connectivity index (χ0v) is 19.1. The molecule has 0 unspecified atom stereocenters. The summed E-state index contributed by atoms with van der Waals surface area (Å²) in [6.07, 6.45) is 9.52. The molecule has 0 aromatic heterocycles. The highest BCUT2D eigenvalue weighted by Gasteiger charge is 2.39. The third kappa shape index (κ3) is 4.31. The molecule has 2 fully saturated rings. The number of rotatable bonds is 4. The predicted molar refractivity (Wildman–Crippen MR) is 128 cm³/mol. The highest BCUT2D eigenvalue weighted by Crippen LogP contribution is 2.34. The number of anilines is 1. The van der Waals surface area contributed by atoms with Gasteiger partial charge in [0.15, 0.2) is 5.78 Å². The molecule has 0 radical (unpaired) electrons. The maximum Gasteiger partial charge on any atom is 0.294 e. The van der Waals surface area contributed by atoms with Gasteiger partial charge >= 0.3 is 0 Å². The number of Topliss-reactive ketones (excluding diaryl/α,β-unsaturated/α-hetero) is 1. The zero-order valence-electron chi connectivity index (χ0n) is 18.3. The maximum absolute atomic E-state index is 12.9. The lowest BCUT2D eigenvalue weighted by Crippen LogP contribution is -2.51. The number of carbonyl (C=O) groups is 4. The van der Waals surface area contributed by atoms with E-state index in [1.54, 1.807) is 23.1 Å². The van der Waals surface area contributed by atoms with E-state index >= 15 is 0 Å². The van der Waals surface area contributed by atoms with Crippen LogP contribution in [-0.2, 0) is 19.1 Å². The number of ketones is 1. The second kappa shape index (κ2) is 9.34. The van der Waals surface area contributed by atoms with E-state index in [9.17, 15) is 19.2 Å². The summed E-state index contributed by atoms with van der Waals surface area (Å²) in [7, 11) is 0. The summed E-state index contributed by atoms with van der Waals surface area (Å²) >= 11 is 0.732. The Morgan fingerprint density at radius 1 is 1.03 bits per heavy atom. The highest BCUT2D eigenvalue weighted by molar-refractivity contribution is 8.18. The van der Waals surface area contributed by atoms with Crippen LogP contribution in [0.5, 0.6) is 0 Å². The van der Waals surface area contributed by atoms with Crippen LogP contribution in [0.3, 0.4) is 0 Å². The standard InChI is InChI=1S/C25H23N3O5S/c29-22(27-12-10-26(11-13-27)18-6-2-1-3-7-18)15-28-24(31)21(34-25(28)32)14-17-16-33-20-9-5-4-8-19(20)23(17)30/h1-9,14,16,19-20H,10-13,15H2/b21-14+/t19-,20+/m0/s1. The molecular weight excluding hydrogens is 454 g/mol. The number of benzene rings is 1. The number of carbonyl (C=O) groups excluding carboxylic acids is 4. The molecule has 2 saturated heterocycles. The molecule has 3 amide bonds. The number of amides is 3. The Morgan fingerprint density at radius 3 is 2.53 bits per heavy atom. The molecule has 1 aliphatic carbocycles. The third-order valence-electron chi connectivity index (χ3n) is 6.23. The van der Waals surface area contributed by atoms with Gasteiger partial charge in [0.25, 0.3) is 11.1 Å². The molecule has 34 heavy (non-hydrogen) atoms. The van der Waals surface area contributed by atoms with Crippen molar-refractivity contribution in [2.24, 2.45) is 5.92 Å². The lowest BCUT2D eigenvalue weighted by Gasteiger charge is -2.36. The van der Waals surface area contributed by atoms with Crippen molar-refractivity contribution in [3.63, 3.8) is 0 Å². The topological polar surface area (TPSA) is 87.2 Å². The summed E-state index contributed by atoms with van der Waals surface area (Å²) in [6, 6.07) is 9.98. The fourth-order valence-corrected chi connectivity index (χ4v) is 5.16. The monoisotopic (exact) mass is 477 g/mol. The number of hydrogen-bond donors (Lipinski definition) is 0. The van der Waals surface area contributed by atoms with Gasteiger partial charge in [-0.15, -0.1) is 0 Å². The van der Waals surface area contributed by atoms with Crippen molar-refractivity contribution in [1.29, 1.82) is 0 Å². The van der Waals surface area contributed by atoms with Crippen LogP contribution in [0.4, 0.5) is 10.5 Å². The molecule has 0 spiro atoms. The van der Waals surface area contributed by atoms with Crippen molar-refractivity contribution in [1.82, 2.24) is 9.80 Å². The quantitative estimate of drug-likeness (QED) is 0.616. The van der Waals surface area contributed by atoms with Crippen molar-refractivity contribution in [3.8, 4) is 0 Å². The second-order valence-electron chi connectivity index (χ2n) is 8.30. The Bertz CT molecular complexity index is 1150. The van der Waals surface area contributed by atoms with Gasteiger partial charge in [-0.1, -0.05) is 36.4 Å². The van der Waals surface area contributed by atoms with E-state index in [1.165, 1.54) is 12.3 Å². The highest BCUT2D eigenvalue weighted by atomic mass is 32.2. The van der Waals surface area contributed by atoms with Crippen molar-refractivity contribution in [3.05, 3.63) is 77.5 Å². The molecule has 0 bridgehead atoms. The number of nitrogens with zero attached hydrogens (tertiary/aromatic N) is 3. The van der Waals surface area contributed by atoms with E-state index in [0.29, 0.717) is 26.2 Å². The Morgan fingerprint density at radius 2 is 1.76 bits per heavy atom. The van der Waals surface area contributed by atoms with E-state index in [1.807, 2.05) is 36.4 Å². The molecule has 3 aliphatic heterocycles. The van der Waals surface area contributed by atoms with Gasteiger partial charge in [-0.3, -0.25) is 24.1 Å². The first-order chi connectivity index (χ1) is 16.5. The van der Waals surface area contributed by atoms with Gasteiger partial charge < -0.3 is 14.5 Å². The number of para-hydroxylation sites is 1. The summed E-state index contributed by atoms with van der Waals surface area (Å²) in [6.45, 7) is 2.08. The smallest absolute Gasteiger partial charge is 0.294 e. The lowest BCUT2D eigenvalue weighted by atomic mass is 9.88. The maximum atomic E-state index is 12.9. The van der Waals surface area contributed by atoms with E-state index in [4.69, 9.17) is 4.74 Å². The van der Waals surface area contributed by atoms with E-state index < -0.39 is 17.1 Å². The van der Waals surface area contributed by atoms with Crippen molar-refractivity contribution in [2.75, 3.05) is 37.6 Å². The fourth-order valence-electron chi connectivity index (χ4n) is 4.33. The SMILES string of the molecule is O=C1C(/C=C2/SC(=O)N(CC(=O)N3CCN(c4ccccc4)CC3)C2=O)=CO[C@@H]2C=CC=C[C@H]12. The molecule has 4 aliphatic rings. The molecule has 8 nitrogen and oxygen atoms in total. The molecule has 3 heterocycles. The van der Waals surface area contributed by atoms with Gasteiger partial charge in [0, 0.05) is 31.9 Å². The second-order valence-corrected chi connectivity index (χ2v) is 9.30. The van der Waals surface area contributed by atoms with Crippen molar-refractivity contribution < 1.29 is 23.9 Å². The summed E-state index contributed by atoms with van der Waals surface area (Å²) < 4.78 is 5.60. The number of ether oxygens (including phenoxy) is 1. The van der Waals surface area contributed by atoms with Gasteiger partial charge in [-0.05, 0) is 36.0 Å². The molecule has 2 atom stereocenters. The van der Waals surface area contributed by atoms with Gasteiger partial charge in [0.05, 0.1) is 22.7 Å². The first kappa shape index (κ1) is 22.2. The normalized spacial score (nSPS) is 25.5. The zero-order chi connectivity index (χ0) is 23.7. The van der Waals surface area contributed by atoms with Gasteiger partial charge in [0.1, 0.15) is 12.6 Å². The van der Waals surface area contributed by atoms with E-state index in [0.717, 1.165) is 22.3 Å². The largest absolute Gasteiger partial charge is 0.492 e. The minimum atomic E-state index is -0.568. The number of imide groups is 1. The number of thioether (sulfide) groups is 1. The summed E-state index contributed by atoms with van der Waals surface area (Å²) in [4.78, 5) is 55.9. The molecule has 1 aromatic rings. The summed E-state index contributed by atoms with van der Waals surface area (Å²) in [5.74, 6) is -1.46. The van der Waals surface area contributed by atoms with Gasteiger partial charge in [0.2, 0.25) is 5.91 Å². The molecule has 0 saturated carbocycles. The van der Waals surface area contributed by atoms with Crippen LogP contribution in [0.2, 0.25) is 0 Å². The Hall–Kier alpha value is -3.59. The number of hydrogen-bond acceptors (Lipinski definition) is 7. The molecule has 174 valence electrons. The summed E-state index contributed by atoms with van der Waals surface area (Å²) in [5.41, 5.74) is 1.34. The van der Waals surface area contributed by atoms with Crippen LogP contribution >= 0.6 is 11.8 Å². The first-order valence-electron chi connectivity index (χ1n) is 11.1. The Kier molecular flexibility index (Phi) is 6.10. The predicted octanol–water partition coefficient (Wildman–Crippen LogP) is 2.51. The summed E-state index contributed by atoms with van der Waals surface area (Å²) in [5, 5.41) is -0.518. The van der Waals surface area contributed by atoms with Gasteiger partial charge in [-0.2, -0.15) is 0 Å². The van der Waals surface area contributed by atoms with Crippen LogP contribution < -0.4 is 4.90 Å². The Balaban J connectivity index is 1.21. The molecule has 0 N–H and O–H groups in total. The van der Waals surface area contributed by atoms with Crippen molar-refractivity contribution >= 4 is 40.3 Å². The minimum absolute atomic E-state index is 0.115. The average Bonchev–Trinajstić information content (AvgIpc) is 3.13. The number of piperazine rings is 1. The molecule has 9 heteroatoms. The van der Waals surface area contributed by atoms with Crippen molar-refractivity contribution in [2.45, 2.75) is 6.10 Å². The van der Waals surface area contributed by atoms with Crippen LogP contribution in [0, 0.1) is 5.92 Å². The lowest BCUT2D eigenvalue weighted by molar-refractivity contribution is -0.136. The minimum Gasteiger partial charge on any atom is -0.492 e. The Labute approximate surface area is 201 Å². The fraction of sp³-hybridized carbons (Fsp3) is 0.280.